The van der Waals surface area contributed by atoms with E-state index < -0.39 is 0 Å². The third-order valence-electron chi connectivity index (χ3n) is 2.26. The van der Waals surface area contributed by atoms with E-state index in [0.29, 0.717) is 11.7 Å². The molecule has 0 unspecified atom stereocenters. The lowest BCUT2D eigenvalue weighted by Gasteiger charge is -2.02. The lowest BCUT2D eigenvalue weighted by atomic mass is 10.3. The maximum atomic E-state index is 7.25. The Bertz CT molecular complexity index is 322. The van der Waals surface area contributed by atoms with Crippen LogP contribution in [-0.4, -0.2) is 15.4 Å². The van der Waals surface area contributed by atoms with E-state index >= 15 is 0 Å². The summed E-state index contributed by atoms with van der Waals surface area (Å²) >= 11 is 0. The van der Waals surface area contributed by atoms with Crippen LogP contribution >= 0.6 is 0 Å². The maximum Gasteiger partial charge on any atom is 0.174 e. The lowest BCUT2D eigenvalue weighted by Crippen LogP contribution is -2.17. The number of rotatable bonds is 2. The molecule has 0 aromatic carbocycles. The molecule has 12 heavy (non-hydrogen) atoms. The van der Waals surface area contributed by atoms with Crippen molar-refractivity contribution in [2.45, 2.75) is 18.8 Å². The predicted molar refractivity (Wildman–Crippen MR) is 46.2 cm³/mol. The third-order valence-corrected chi connectivity index (χ3v) is 2.26. The van der Waals surface area contributed by atoms with Crippen LogP contribution in [0.15, 0.2) is 6.20 Å². The van der Waals surface area contributed by atoms with Gasteiger partial charge in [-0.2, -0.15) is 0 Å². The number of nitrogens with zero attached hydrogens (tertiary/aromatic N) is 2. The molecule has 0 atom stereocenters. The Morgan fingerprint density at radius 1 is 1.75 bits per heavy atom. The molecule has 0 radical (unpaired) electrons. The van der Waals surface area contributed by atoms with Crippen molar-refractivity contribution in [2.24, 2.45) is 12.8 Å². The minimum Gasteiger partial charge on any atom is -0.381 e. The third kappa shape index (κ3) is 0.995. The van der Waals surface area contributed by atoms with Gasteiger partial charge in [-0.1, -0.05) is 0 Å². The van der Waals surface area contributed by atoms with Crippen LogP contribution < -0.4 is 5.73 Å². The number of aromatic nitrogens is 2. The normalized spacial score (nSPS) is 16.4. The van der Waals surface area contributed by atoms with Crippen LogP contribution in [0.1, 0.15) is 30.3 Å². The SMILES string of the molecule is Cn1c(C2CC2)cnc1C(=N)N. The van der Waals surface area contributed by atoms with Crippen LogP contribution in [0.3, 0.4) is 0 Å². The molecule has 0 saturated heterocycles. The molecule has 1 heterocycles. The Balaban J connectivity index is 2.39. The predicted octanol–water partition coefficient (Wildman–Crippen LogP) is 0.582. The first-order valence-electron chi connectivity index (χ1n) is 4.06. The van der Waals surface area contributed by atoms with Gasteiger partial charge >= 0.3 is 0 Å². The largest absolute Gasteiger partial charge is 0.381 e. The van der Waals surface area contributed by atoms with Crippen molar-refractivity contribution in [3.8, 4) is 0 Å². The first kappa shape index (κ1) is 7.34. The molecular formula is C8H12N4. The second-order valence-electron chi connectivity index (χ2n) is 3.25. The number of nitrogen functional groups attached to an aromatic ring is 1. The molecule has 1 saturated carbocycles. The van der Waals surface area contributed by atoms with Crippen molar-refractivity contribution < 1.29 is 0 Å². The maximum absolute atomic E-state index is 7.25. The summed E-state index contributed by atoms with van der Waals surface area (Å²) in [6, 6.07) is 0. The summed E-state index contributed by atoms with van der Waals surface area (Å²) in [5, 5.41) is 7.25. The summed E-state index contributed by atoms with van der Waals surface area (Å²) < 4.78 is 1.92. The zero-order valence-corrected chi connectivity index (χ0v) is 7.04. The highest BCUT2D eigenvalue weighted by Crippen LogP contribution is 2.39. The minimum atomic E-state index is 0.0457. The Morgan fingerprint density at radius 3 is 2.83 bits per heavy atom. The van der Waals surface area contributed by atoms with Gasteiger partial charge in [0.15, 0.2) is 11.7 Å². The fourth-order valence-electron chi connectivity index (χ4n) is 1.43. The number of nitrogens with two attached hydrogens (primary N) is 1. The molecule has 1 aliphatic rings. The van der Waals surface area contributed by atoms with Crippen LogP contribution in [-0.2, 0) is 7.05 Å². The number of hydrogen-bond acceptors (Lipinski definition) is 2. The summed E-state index contributed by atoms with van der Waals surface area (Å²) in [5.74, 6) is 1.29. The van der Waals surface area contributed by atoms with Crippen molar-refractivity contribution in [3.63, 3.8) is 0 Å². The van der Waals surface area contributed by atoms with Gasteiger partial charge in [0.1, 0.15) is 0 Å². The molecule has 64 valence electrons. The Hall–Kier alpha value is -1.32. The molecule has 0 bridgehead atoms. The number of hydrogen-bond donors (Lipinski definition) is 2. The summed E-state index contributed by atoms with van der Waals surface area (Å²) in [4.78, 5) is 4.09. The smallest absolute Gasteiger partial charge is 0.174 e. The van der Waals surface area contributed by atoms with Gasteiger partial charge in [0.2, 0.25) is 0 Å². The average Bonchev–Trinajstić information content (AvgIpc) is 2.75. The summed E-state index contributed by atoms with van der Waals surface area (Å²) in [6.45, 7) is 0. The van der Waals surface area contributed by atoms with E-state index in [1.54, 1.807) is 0 Å². The van der Waals surface area contributed by atoms with E-state index in [4.69, 9.17) is 11.1 Å². The van der Waals surface area contributed by atoms with Crippen molar-refractivity contribution in [1.82, 2.24) is 9.55 Å². The zero-order valence-electron chi connectivity index (χ0n) is 7.04. The summed E-state index contributed by atoms with van der Waals surface area (Å²) in [5.41, 5.74) is 6.56. The van der Waals surface area contributed by atoms with E-state index in [0.717, 1.165) is 0 Å². The molecule has 4 heteroatoms. The second kappa shape index (κ2) is 2.33. The van der Waals surface area contributed by atoms with Gasteiger partial charge in [0.05, 0.1) is 0 Å². The number of imidazole rings is 1. The number of nitrogens with one attached hydrogen (secondary N) is 1. The van der Waals surface area contributed by atoms with Crippen LogP contribution in [0.4, 0.5) is 0 Å². The highest BCUT2D eigenvalue weighted by molar-refractivity contribution is 5.91. The van der Waals surface area contributed by atoms with Crippen molar-refractivity contribution in [3.05, 3.63) is 17.7 Å². The van der Waals surface area contributed by atoms with Crippen LogP contribution in [0.25, 0.3) is 0 Å². The molecule has 1 aromatic rings. The molecule has 0 aliphatic heterocycles. The van der Waals surface area contributed by atoms with E-state index in [9.17, 15) is 0 Å². The lowest BCUT2D eigenvalue weighted by molar-refractivity contribution is 0.814. The van der Waals surface area contributed by atoms with Gasteiger partial charge in [0.25, 0.3) is 0 Å². The molecule has 1 fully saturated rings. The second-order valence-corrected chi connectivity index (χ2v) is 3.25. The summed E-state index contributed by atoms with van der Waals surface area (Å²) in [6.07, 6.45) is 4.32. The van der Waals surface area contributed by atoms with E-state index in [1.807, 2.05) is 17.8 Å². The molecule has 1 aliphatic carbocycles. The Labute approximate surface area is 70.9 Å². The van der Waals surface area contributed by atoms with E-state index in [2.05, 4.69) is 4.98 Å². The standard InChI is InChI=1S/C8H12N4/c1-12-6(5-2-3-5)4-11-8(12)7(9)10/h4-5H,2-3H2,1H3,(H3,9,10). The average molecular weight is 164 g/mol. The summed E-state index contributed by atoms with van der Waals surface area (Å²) in [7, 11) is 1.91. The minimum absolute atomic E-state index is 0.0457. The molecule has 1 aromatic heterocycles. The Morgan fingerprint density at radius 2 is 2.42 bits per heavy atom. The van der Waals surface area contributed by atoms with Crippen molar-refractivity contribution in [1.29, 1.82) is 5.41 Å². The molecule has 3 N–H and O–H groups in total. The molecule has 0 spiro atoms. The van der Waals surface area contributed by atoms with Gasteiger partial charge in [0, 0.05) is 24.9 Å². The van der Waals surface area contributed by atoms with Gasteiger partial charge < -0.3 is 10.3 Å². The van der Waals surface area contributed by atoms with Crippen molar-refractivity contribution >= 4 is 5.84 Å². The molecule has 4 nitrogen and oxygen atoms in total. The molecule has 0 amide bonds. The molecule has 2 rings (SSSR count). The van der Waals surface area contributed by atoms with E-state index in [1.165, 1.54) is 18.5 Å². The first-order chi connectivity index (χ1) is 5.70. The van der Waals surface area contributed by atoms with Crippen LogP contribution in [0.5, 0.6) is 0 Å². The van der Waals surface area contributed by atoms with Gasteiger partial charge in [-0.15, -0.1) is 0 Å². The van der Waals surface area contributed by atoms with Gasteiger partial charge in [-0.3, -0.25) is 5.41 Å². The Kier molecular flexibility index (Phi) is 1.43. The molecular weight excluding hydrogens is 152 g/mol. The highest BCUT2D eigenvalue weighted by atomic mass is 15.1. The topological polar surface area (TPSA) is 67.7 Å². The van der Waals surface area contributed by atoms with Crippen molar-refractivity contribution in [2.75, 3.05) is 0 Å². The first-order valence-corrected chi connectivity index (χ1v) is 4.06. The fraction of sp³-hybridized carbons (Fsp3) is 0.500. The number of amidine groups is 1. The van der Waals surface area contributed by atoms with Crippen LogP contribution in [0.2, 0.25) is 0 Å². The fourth-order valence-corrected chi connectivity index (χ4v) is 1.43. The monoisotopic (exact) mass is 164 g/mol. The quantitative estimate of drug-likeness (QED) is 0.496. The van der Waals surface area contributed by atoms with E-state index in [-0.39, 0.29) is 5.84 Å². The zero-order chi connectivity index (χ0) is 8.72. The van der Waals surface area contributed by atoms with Gasteiger partial charge in [-0.05, 0) is 12.8 Å². The van der Waals surface area contributed by atoms with Gasteiger partial charge in [-0.25, -0.2) is 4.98 Å². The highest BCUT2D eigenvalue weighted by Gasteiger charge is 2.27. The van der Waals surface area contributed by atoms with Crippen LogP contribution in [0, 0.1) is 5.41 Å².